The van der Waals surface area contributed by atoms with Crippen molar-refractivity contribution in [2.75, 3.05) is 20.8 Å². The molecule has 3 aromatic rings. The third-order valence-electron chi connectivity index (χ3n) is 6.17. The predicted octanol–water partition coefficient (Wildman–Crippen LogP) is 6.31. The first-order valence-electron chi connectivity index (χ1n) is 11.6. The minimum Gasteiger partial charge on any atom is -0.496 e. The van der Waals surface area contributed by atoms with E-state index >= 15 is 0 Å². The maximum Gasteiger partial charge on any atom is 0.311 e. The number of fused-ring (bicyclic) bond motifs is 1. The van der Waals surface area contributed by atoms with E-state index in [0.29, 0.717) is 60.7 Å². The highest BCUT2D eigenvalue weighted by Crippen LogP contribution is 2.42. The fourth-order valence-corrected chi connectivity index (χ4v) is 4.52. The lowest BCUT2D eigenvalue weighted by Crippen LogP contribution is -2.20. The third kappa shape index (κ3) is 5.57. The molecule has 0 fully saturated rings. The summed E-state index contributed by atoms with van der Waals surface area (Å²) in [7, 11) is 3.23. The number of halogens is 1. The van der Waals surface area contributed by atoms with Gasteiger partial charge in [0, 0.05) is 29.2 Å². The van der Waals surface area contributed by atoms with Crippen molar-refractivity contribution >= 4 is 23.4 Å². The number of ether oxygens (including phenoxy) is 4. The zero-order valence-corrected chi connectivity index (χ0v) is 20.8. The van der Waals surface area contributed by atoms with Gasteiger partial charge >= 0.3 is 5.97 Å². The van der Waals surface area contributed by atoms with Crippen LogP contribution < -0.4 is 18.9 Å². The van der Waals surface area contributed by atoms with Crippen molar-refractivity contribution in [3.05, 3.63) is 76.3 Å². The van der Waals surface area contributed by atoms with Gasteiger partial charge in [-0.3, -0.25) is 9.59 Å². The average molecular weight is 511 g/mol. The molecule has 3 aromatic carbocycles. The summed E-state index contributed by atoms with van der Waals surface area (Å²) >= 11 is 6.37. The molecule has 0 radical (unpaired) electrons. The molecule has 8 heteroatoms. The Labute approximate surface area is 214 Å². The topological polar surface area (TPSA) is 91.3 Å². The summed E-state index contributed by atoms with van der Waals surface area (Å²) < 4.78 is 22.4. The SMILES string of the molecule is COc1cccc(OC)c1CCCC(=O)c1ccc(Oc2cc3c(cc2Cl)C(C(=O)O)CCO3)cc1. The number of carboxylic acid groups (broad SMARTS) is 1. The molecule has 0 amide bonds. The number of Topliss-reactive ketones (excluding diaryl/α,β-unsaturated/α-hetero) is 1. The molecule has 1 unspecified atom stereocenters. The summed E-state index contributed by atoms with van der Waals surface area (Å²) in [5.41, 5.74) is 2.07. The van der Waals surface area contributed by atoms with Gasteiger partial charge in [0.15, 0.2) is 5.78 Å². The molecule has 1 aliphatic heterocycles. The van der Waals surface area contributed by atoms with Crippen LogP contribution in [-0.2, 0) is 11.2 Å². The maximum atomic E-state index is 12.7. The smallest absolute Gasteiger partial charge is 0.311 e. The standard InChI is InChI=1S/C28H27ClO7/c1-33-24-7-4-8-25(34-2)20(24)5-3-6-23(30)17-9-11-18(12-10-17)36-27-16-26-21(15-22(27)29)19(28(31)32)13-14-35-26/h4,7-12,15-16,19H,3,5-6,13-14H2,1-2H3,(H,31,32). The number of hydrogen-bond acceptors (Lipinski definition) is 6. The van der Waals surface area contributed by atoms with E-state index in [1.165, 1.54) is 0 Å². The van der Waals surface area contributed by atoms with Crippen LogP contribution in [0.5, 0.6) is 28.7 Å². The van der Waals surface area contributed by atoms with Gasteiger partial charge in [-0.2, -0.15) is 0 Å². The molecule has 1 heterocycles. The number of benzene rings is 3. The van der Waals surface area contributed by atoms with Gasteiger partial charge in [0.05, 0.1) is 31.8 Å². The summed E-state index contributed by atoms with van der Waals surface area (Å²) in [5.74, 6) is 1.24. The molecule has 1 aliphatic rings. The molecule has 0 aromatic heterocycles. The van der Waals surface area contributed by atoms with Crippen molar-refractivity contribution in [3.63, 3.8) is 0 Å². The van der Waals surface area contributed by atoms with Crippen molar-refractivity contribution in [1.82, 2.24) is 0 Å². The summed E-state index contributed by atoms with van der Waals surface area (Å²) in [5, 5.41) is 9.73. The van der Waals surface area contributed by atoms with E-state index < -0.39 is 11.9 Å². The zero-order chi connectivity index (χ0) is 25.7. The van der Waals surface area contributed by atoms with Crippen LogP contribution in [0.4, 0.5) is 0 Å². The molecule has 7 nitrogen and oxygen atoms in total. The number of methoxy groups -OCH3 is 2. The van der Waals surface area contributed by atoms with Crippen LogP contribution in [0.25, 0.3) is 0 Å². The van der Waals surface area contributed by atoms with Gasteiger partial charge in [-0.15, -0.1) is 0 Å². The molecular weight excluding hydrogens is 484 g/mol. The van der Waals surface area contributed by atoms with Gasteiger partial charge in [0.2, 0.25) is 0 Å². The van der Waals surface area contributed by atoms with E-state index in [1.54, 1.807) is 50.6 Å². The van der Waals surface area contributed by atoms with Gasteiger partial charge < -0.3 is 24.1 Å². The second-order valence-electron chi connectivity index (χ2n) is 8.39. The molecule has 36 heavy (non-hydrogen) atoms. The molecular formula is C28H27ClO7. The second kappa shape index (κ2) is 11.4. The summed E-state index contributed by atoms with van der Waals surface area (Å²) in [6, 6.07) is 15.6. The van der Waals surface area contributed by atoms with Crippen molar-refractivity contribution < 1.29 is 33.6 Å². The maximum absolute atomic E-state index is 12.7. The average Bonchev–Trinajstić information content (AvgIpc) is 2.89. The zero-order valence-electron chi connectivity index (χ0n) is 20.1. The number of rotatable bonds is 10. The number of ketones is 1. The van der Waals surface area contributed by atoms with E-state index in [-0.39, 0.29) is 10.8 Å². The van der Waals surface area contributed by atoms with Crippen molar-refractivity contribution in [2.24, 2.45) is 0 Å². The highest BCUT2D eigenvalue weighted by atomic mass is 35.5. The quantitative estimate of drug-likeness (QED) is 0.320. The summed E-state index contributed by atoms with van der Waals surface area (Å²) in [6.07, 6.45) is 2.07. The Morgan fingerprint density at radius 3 is 2.36 bits per heavy atom. The summed E-state index contributed by atoms with van der Waals surface area (Å²) in [6.45, 7) is 0.311. The van der Waals surface area contributed by atoms with Crippen LogP contribution in [0.15, 0.2) is 54.6 Å². The fourth-order valence-electron chi connectivity index (χ4n) is 4.30. The fraction of sp³-hybridized carbons (Fsp3) is 0.286. The molecule has 0 bridgehead atoms. The van der Waals surface area contributed by atoms with Gasteiger partial charge in [-0.1, -0.05) is 17.7 Å². The molecule has 188 valence electrons. The van der Waals surface area contributed by atoms with Gasteiger partial charge in [0.25, 0.3) is 0 Å². The normalized spacial score (nSPS) is 14.4. The van der Waals surface area contributed by atoms with E-state index in [2.05, 4.69) is 0 Å². The predicted molar refractivity (Wildman–Crippen MR) is 135 cm³/mol. The van der Waals surface area contributed by atoms with Crippen LogP contribution in [-0.4, -0.2) is 37.7 Å². The van der Waals surface area contributed by atoms with Gasteiger partial charge in [-0.25, -0.2) is 0 Å². The summed E-state index contributed by atoms with van der Waals surface area (Å²) in [4.78, 5) is 24.2. The third-order valence-corrected chi connectivity index (χ3v) is 6.46. The lowest BCUT2D eigenvalue weighted by molar-refractivity contribution is -0.139. The van der Waals surface area contributed by atoms with Crippen LogP contribution in [0.1, 0.15) is 46.7 Å². The van der Waals surface area contributed by atoms with Crippen molar-refractivity contribution in [1.29, 1.82) is 0 Å². The van der Waals surface area contributed by atoms with Crippen LogP contribution in [0.2, 0.25) is 5.02 Å². The number of aliphatic carboxylic acids is 1. The van der Waals surface area contributed by atoms with E-state index in [0.717, 1.165) is 17.1 Å². The van der Waals surface area contributed by atoms with Crippen molar-refractivity contribution in [3.8, 4) is 28.7 Å². The minimum absolute atomic E-state index is 0.0235. The lowest BCUT2D eigenvalue weighted by Gasteiger charge is -2.24. The number of carboxylic acids is 1. The molecule has 4 rings (SSSR count). The van der Waals surface area contributed by atoms with E-state index in [9.17, 15) is 14.7 Å². The lowest BCUT2D eigenvalue weighted by atomic mass is 9.93. The van der Waals surface area contributed by atoms with E-state index in [1.807, 2.05) is 18.2 Å². The number of carbonyl (C=O) groups excluding carboxylic acids is 1. The second-order valence-corrected chi connectivity index (χ2v) is 8.80. The number of carbonyl (C=O) groups is 2. The Morgan fingerprint density at radius 1 is 1.03 bits per heavy atom. The van der Waals surface area contributed by atoms with Crippen LogP contribution >= 0.6 is 11.6 Å². The monoisotopic (exact) mass is 510 g/mol. The minimum atomic E-state index is -0.911. The molecule has 0 aliphatic carbocycles. The Morgan fingerprint density at radius 2 is 1.72 bits per heavy atom. The highest BCUT2D eigenvalue weighted by Gasteiger charge is 2.29. The van der Waals surface area contributed by atoms with Crippen LogP contribution in [0.3, 0.4) is 0 Å². The van der Waals surface area contributed by atoms with Crippen molar-refractivity contribution in [2.45, 2.75) is 31.6 Å². The number of hydrogen-bond donors (Lipinski definition) is 1. The van der Waals surface area contributed by atoms with E-state index in [4.69, 9.17) is 30.5 Å². The Bertz CT molecular complexity index is 1230. The first-order valence-corrected chi connectivity index (χ1v) is 12.0. The Balaban J connectivity index is 1.39. The van der Waals surface area contributed by atoms with Gasteiger partial charge in [0.1, 0.15) is 28.7 Å². The van der Waals surface area contributed by atoms with Gasteiger partial charge in [-0.05, 0) is 61.7 Å². The molecule has 0 spiro atoms. The molecule has 1 N–H and O–H groups in total. The Hall–Kier alpha value is -3.71. The first kappa shape index (κ1) is 25.4. The molecule has 1 atom stereocenters. The molecule has 0 saturated heterocycles. The molecule has 0 saturated carbocycles. The van der Waals surface area contributed by atoms with Crippen LogP contribution in [0, 0.1) is 0 Å². The largest absolute Gasteiger partial charge is 0.496 e. The highest BCUT2D eigenvalue weighted by molar-refractivity contribution is 6.32. The first-order chi connectivity index (χ1) is 17.4. The Kier molecular flexibility index (Phi) is 8.00.